The van der Waals surface area contributed by atoms with Crippen LogP contribution in [0.1, 0.15) is 29.7 Å². The van der Waals surface area contributed by atoms with E-state index < -0.39 is 0 Å². The van der Waals surface area contributed by atoms with Gasteiger partial charge in [-0.3, -0.25) is 0 Å². The third kappa shape index (κ3) is 3.03. The second-order valence-electron chi connectivity index (χ2n) is 4.47. The fourth-order valence-electron chi connectivity index (χ4n) is 2.00. The van der Waals surface area contributed by atoms with Crippen LogP contribution in [-0.2, 0) is 0 Å². The molecule has 0 spiro atoms. The van der Waals surface area contributed by atoms with Gasteiger partial charge in [-0.25, -0.2) is 4.98 Å². The molecule has 1 aromatic carbocycles. The molecule has 0 radical (unpaired) electrons. The number of ether oxygens (including phenoxy) is 1. The van der Waals surface area contributed by atoms with Crippen molar-refractivity contribution in [2.45, 2.75) is 19.9 Å². The lowest BCUT2D eigenvalue weighted by Gasteiger charge is -2.16. The summed E-state index contributed by atoms with van der Waals surface area (Å²) < 4.78 is 5.48. The van der Waals surface area contributed by atoms with Crippen molar-refractivity contribution in [3.8, 4) is 5.75 Å². The van der Waals surface area contributed by atoms with Gasteiger partial charge in [0, 0.05) is 11.8 Å². The van der Waals surface area contributed by atoms with Crippen LogP contribution in [-0.4, -0.2) is 11.6 Å². The molecule has 0 aliphatic carbocycles. The van der Waals surface area contributed by atoms with Crippen molar-refractivity contribution in [2.75, 3.05) is 12.3 Å². The highest BCUT2D eigenvalue weighted by atomic mass is 16.5. The molecule has 4 nitrogen and oxygen atoms in total. The van der Waals surface area contributed by atoms with Gasteiger partial charge in [-0.2, -0.15) is 0 Å². The molecule has 2 rings (SSSR count). The largest absolute Gasteiger partial charge is 0.494 e. The summed E-state index contributed by atoms with van der Waals surface area (Å²) in [6.07, 6.45) is 1.74. The van der Waals surface area contributed by atoms with E-state index in [9.17, 15) is 0 Å². The Kier molecular flexibility index (Phi) is 4.02. The highest BCUT2D eigenvalue weighted by Gasteiger charge is 2.13. The predicted octanol–water partition coefficient (Wildman–Crippen LogP) is 2.42. The zero-order chi connectivity index (χ0) is 13.8. The van der Waals surface area contributed by atoms with Crippen LogP contribution in [0.5, 0.6) is 5.75 Å². The maximum Gasteiger partial charge on any atom is 0.128 e. The van der Waals surface area contributed by atoms with Crippen molar-refractivity contribution < 1.29 is 4.74 Å². The second kappa shape index (κ2) is 5.71. The first-order valence-electron chi connectivity index (χ1n) is 6.32. The second-order valence-corrected chi connectivity index (χ2v) is 4.47. The van der Waals surface area contributed by atoms with Crippen molar-refractivity contribution in [3.05, 3.63) is 53.2 Å². The van der Waals surface area contributed by atoms with E-state index in [0.717, 1.165) is 22.4 Å². The van der Waals surface area contributed by atoms with Gasteiger partial charge in [0.2, 0.25) is 0 Å². The lowest BCUT2D eigenvalue weighted by Crippen LogP contribution is -2.15. The van der Waals surface area contributed by atoms with Crippen LogP contribution in [0.2, 0.25) is 0 Å². The third-order valence-electron chi connectivity index (χ3n) is 2.95. The van der Waals surface area contributed by atoms with E-state index in [2.05, 4.69) is 4.98 Å². The van der Waals surface area contributed by atoms with Crippen LogP contribution < -0.4 is 16.2 Å². The first-order valence-corrected chi connectivity index (χ1v) is 6.32. The molecule has 2 aromatic rings. The number of nitrogens with two attached hydrogens (primary N) is 2. The molecule has 19 heavy (non-hydrogen) atoms. The van der Waals surface area contributed by atoms with Gasteiger partial charge < -0.3 is 16.2 Å². The molecule has 1 atom stereocenters. The van der Waals surface area contributed by atoms with Crippen molar-refractivity contribution >= 4 is 5.82 Å². The quantitative estimate of drug-likeness (QED) is 0.882. The van der Waals surface area contributed by atoms with Crippen molar-refractivity contribution in [1.82, 2.24) is 4.98 Å². The Morgan fingerprint density at radius 3 is 2.84 bits per heavy atom. The molecule has 1 aromatic heterocycles. The average molecular weight is 257 g/mol. The van der Waals surface area contributed by atoms with Crippen molar-refractivity contribution in [1.29, 1.82) is 0 Å². The van der Waals surface area contributed by atoms with Crippen molar-refractivity contribution in [2.24, 2.45) is 5.73 Å². The van der Waals surface area contributed by atoms with E-state index in [1.54, 1.807) is 6.20 Å². The normalized spacial score (nSPS) is 12.2. The zero-order valence-corrected chi connectivity index (χ0v) is 11.3. The number of pyridine rings is 1. The minimum Gasteiger partial charge on any atom is -0.494 e. The smallest absolute Gasteiger partial charge is 0.128 e. The number of anilines is 1. The van der Waals surface area contributed by atoms with E-state index in [1.807, 2.05) is 44.2 Å². The molecule has 0 saturated carbocycles. The fraction of sp³-hybridized carbons (Fsp3) is 0.267. The molecule has 0 fully saturated rings. The Labute approximate surface area is 113 Å². The van der Waals surface area contributed by atoms with Crippen LogP contribution in [0, 0.1) is 6.92 Å². The third-order valence-corrected chi connectivity index (χ3v) is 2.95. The Bertz CT molecular complexity index is 569. The summed E-state index contributed by atoms with van der Waals surface area (Å²) in [4.78, 5) is 4.15. The van der Waals surface area contributed by atoms with Gasteiger partial charge in [-0.05, 0) is 43.2 Å². The van der Waals surface area contributed by atoms with Gasteiger partial charge in [0.15, 0.2) is 0 Å². The summed E-state index contributed by atoms with van der Waals surface area (Å²) in [7, 11) is 0. The molecule has 1 unspecified atom stereocenters. The molecular weight excluding hydrogens is 238 g/mol. The summed E-state index contributed by atoms with van der Waals surface area (Å²) in [5.41, 5.74) is 15.0. The minimum absolute atomic E-state index is 0.298. The number of nitrogens with zero attached hydrogens (tertiary/aromatic N) is 1. The summed E-state index contributed by atoms with van der Waals surface area (Å²) in [5, 5.41) is 0. The monoisotopic (exact) mass is 257 g/mol. The topological polar surface area (TPSA) is 74.2 Å². The summed E-state index contributed by atoms with van der Waals surface area (Å²) >= 11 is 0. The minimum atomic E-state index is -0.298. The SMILES string of the molecule is CCOc1cccc(C(N)c2cc(C)cnc2N)c1. The molecule has 0 aliphatic rings. The Balaban J connectivity index is 2.35. The fourth-order valence-corrected chi connectivity index (χ4v) is 2.00. The van der Waals surface area contributed by atoms with Crippen LogP contribution in [0.3, 0.4) is 0 Å². The summed E-state index contributed by atoms with van der Waals surface area (Å²) in [6, 6.07) is 9.43. The van der Waals surface area contributed by atoms with Gasteiger partial charge in [0.1, 0.15) is 11.6 Å². The molecular formula is C15H19N3O. The van der Waals surface area contributed by atoms with Gasteiger partial charge in [0.25, 0.3) is 0 Å². The molecule has 4 N–H and O–H groups in total. The molecule has 1 heterocycles. The average Bonchev–Trinajstić information content (AvgIpc) is 2.41. The van der Waals surface area contributed by atoms with Crippen molar-refractivity contribution in [3.63, 3.8) is 0 Å². The van der Waals surface area contributed by atoms with Gasteiger partial charge in [0.05, 0.1) is 12.6 Å². The number of rotatable bonds is 4. The zero-order valence-electron chi connectivity index (χ0n) is 11.3. The van der Waals surface area contributed by atoms with E-state index >= 15 is 0 Å². The number of aryl methyl sites for hydroxylation is 1. The Hall–Kier alpha value is -2.07. The highest BCUT2D eigenvalue weighted by molar-refractivity contribution is 5.47. The molecule has 0 aliphatic heterocycles. The first-order chi connectivity index (χ1) is 9.11. The van der Waals surface area contributed by atoms with E-state index in [1.165, 1.54) is 0 Å². The molecule has 0 amide bonds. The highest BCUT2D eigenvalue weighted by Crippen LogP contribution is 2.26. The molecule has 100 valence electrons. The standard InChI is InChI=1S/C15H19N3O/c1-3-19-12-6-4-5-11(8-12)14(16)13-7-10(2)9-18-15(13)17/h4-9,14H,3,16H2,1-2H3,(H2,17,18). The van der Waals surface area contributed by atoms with Crippen LogP contribution in [0.15, 0.2) is 36.5 Å². The maximum absolute atomic E-state index is 6.28. The number of hydrogen-bond acceptors (Lipinski definition) is 4. The van der Waals surface area contributed by atoms with Crippen LogP contribution >= 0.6 is 0 Å². The number of nitrogen functional groups attached to an aromatic ring is 1. The lowest BCUT2D eigenvalue weighted by molar-refractivity contribution is 0.340. The Morgan fingerprint density at radius 1 is 1.32 bits per heavy atom. The molecule has 4 heteroatoms. The van der Waals surface area contributed by atoms with E-state index in [4.69, 9.17) is 16.2 Å². The van der Waals surface area contributed by atoms with Crippen LogP contribution in [0.4, 0.5) is 5.82 Å². The Morgan fingerprint density at radius 2 is 2.11 bits per heavy atom. The number of benzene rings is 1. The first kappa shape index (κ1) is 13.4. The van der Waals surface area contributed by atoms with Gasteiger partial charge in [-0.15, -0.1) is 0 Å². The maximum atomic E-state index is 6.28. The molecule has 0 bridgehead atoms. The van der Waals surface area contributed by atoms with E-state index in [0.29, 0.717) is 12.4 Å². The number of aromatic nitrogens is 1. The summed E-state index contributed by atoms with van der Waals surface area (Å²) in [6.45, 7) is 4.56. The predicted molar refractivity (Wildman–Crippen MR) is 77.0 cm³/mol. The van der Waals surface area contributed by atoms with Gasteiger partial charge >= 0.3 is 0 Å². The van der Waals surface area contributed by atoms with Gasteiger partial charge in [-0.1, -0.05) is 12.1 Å². The number of hydrogen-bond donors (Lipinski definition) is 2. The van der Waals surface area contributed by atoms with E-state index in [-0.39, 0.29) is 6.04 Å². The van der Waals surface area contributed by atoms with Crippen LogP contribution in [0.25, 0.3) is 0 Å². The lowest BCUT2D eigenvalue weighted by atomic mass is 9.99. The molecule has 0 saturated heterocycles. The summed E-state index contributed by atoms with van der Waals surface area (Å²) in [5.74, 6) is 1.29.